The van der Waals surface area contributed by atoms with E-state index in [4.69, 9.17) is 19.2 Å². The summed E-state index contributed by atoms with van der Waals surface area (Å²) in [5.41, 5.74) is 1.65. The van der Waals surface area contributed by atoms with Crippen LogP contribution in [-0.4, -0.2) is 41.7 Å². The smallest absolute Gasteiger partial charge is 0.344 e. The van der Waals surface area contributed by atoms with E-state index in [1.54, 1.807) is 31.2 Å². The van der Waals surface area contributed by atoms with Crippen molar-refractivity contribution in [2.75, 3.05) is 19.8 Å². The van der Waals surface area contributed by atoms with E-state index in [-0.39, 0.29) is 18.8 Å². The Morgan fingerprint density at radius 3 is 2.46 bits per heavy atom. The van der Waals surface area contributed by atoms with Crippen LogP contribution in [0.25, 0.3) is 22.3 Å². The van der Waals surface area contributed by atoms with Gasteiger partial charge in [-0.15, -0.1) is 0 Å². The highest BCUT2D eigenvalue weighted by molar-refractivity contribution is 9.13. The lowest BCUT2D eigenvalue weighted by atomic mass is 10.2. The van der Waals surface area contributed by atoms with Gasteiger partial charge in [0.25, 0.3) is 5.56 Å². The van der Waals surface area contributed by atoms with Gasteiger partial charge >= 0.3 is 5.97 Å². The largest absolute Gasteiger partial charge is 0.490 e. The molecule has 0 aliphatic rings. The molecule has 0 atom stereocenters. The predicted octanol–water partition coefficient (Wildman–Crippen LogP) is 5.81. The quantitative estimate of drug-likeness (QED) is 0.172. The second-order valence-corrected chi connectivity index (χ2v) is 9.21. The molecule has 0 aliphatic heterocycles. The van der Waals surface area contributed by atoms with Crippen LogP contribution in [-0.2, 0) is 9.53 Å². The fourth-order valence-electron chi connectivity index (χ4n) is 3.55. The van der Waals surface area contributed by atoms with Gasteiger partial charge in [0.1, 0.15) is 0 Å². The van der Waals surface area contributed by atoms with E-state index in [1.807, 2.05) is 43.3 Å². The Bertz CT molecular complexity index is 1520. The number of ether oxygens (including phenoxy) is 3. The number of benzene rings is 3. The van der Waals surface area contributed by atoms with Gasteiger partial charge in [0.2, 0.25) is 0 Å². The van der Waals surface area contributed by atoms with Crippen molar-refractivity contribution in [3.05, 3.63) is 85.5 Å². The van der Waals surface area contributed by atoms with Crippen LogP contribution in [0.15, 0.2) is 79.5 Å². The number of fused-ring (bicyclic) bond motifs is 1. The first kappa shape index (κ1) is 26.6. The van der Waals surface area contributed by atoms with Crippen LogP contribution in [0.4, 0.5) is 0 Å². The standard InChI is InChI=1S/C27H23Br2N3O5/c1-3-35-21-14-18(23(28)24(29)25(21)37-16-22(33)36-4-2)15-30-32-26(17-10-6-5-7-11-17)31-20-13-9-8-12-19(20)27(32)34/h5-15H,3-4,16H2,1-2H3. The third kappa shape index (κ3) is 5.91. The lowest BCUT2D eigenvalue weighted by Gasteiger charge is -2.16. The summed E-state index contributed by atoms with van der Waals surface area (Å²) in [7, 11) is 0. The van der Waals surface area contributed by atoms with E-state index in [2.05, 4.69) is 37.0 Å². The van der Waals surface area contributed by atoms with Gasteiger partial charge in [0, 0.05) is 15.6 Å². The van der Waals surface area contributed by atoms with E-state index in [9.17, 15) is 9.59 Å². The highest BCUT2D eigenvalue weighted by atomic mass is 79.9. The molecule has 0 fully saturated rings. The third-order valence-corrected chi connectivity index (χ3v) is 7.34. The van der Waals surface area contributed by atoms with Crippen molar-refractivity contribution in [3.8, 4) is 22.9 Å². The van der Waals surface area contributed by atoms with Crippen LogP contribution in [0.2, 0.25) is 0 Å². The fourth-order valence-corrected chi connectivity index (χ4v) is 4.49. The van der Waals surface area contributed by atoms with Crippen molar-refractivity contribution >= 4 is 54.9 Å². The minimum absolute atomic E-state index is 0.259. The lowest BCUT2D eigenvalue weighted by molar-refractivity contribution is -0.145. The molecule has 0 radical (unpaired) electrons. The zero-order chi connectivity index (χ0) is 26.4. The molecular weight excluding hydrogens is 606 g/mol. The average molecular weight is 629 g/mol. The normalized spacial score (nSPS) is 11.1. The molecule has 3 aromatic carbocycles. The molecule has 0 aliphatic carbocycles. The molecule has 0 saturated heterocycles. The number of hydrogen-bond acceptors (Lipinski definition) is 7. The van der Waals surface area contributed by atoms with E-state index in [1.165, 1.54) is 10.9 Å². The van der Waals surface area contributed by atoms with Gasteiger partial charge in [-0.25, -0.2) is 9.78 Å². The van der Waals surface area contributed by atoms with E-state index < -0.39 is 5.97 Å². The maximum Gasteiger partial charge on any atom is 0.344 e. The van der Waals surface area contributed by atoms with E-state index >= 15 is 0 Å². The SMILES string of the molecule is CCOC(=O)COc1c(OCC)cc(C=Nn2c(-c3ccccc3)nc3ccccc3c2=O)c(Br)c1Br. The molecule has 0 bridgehead atoms. The molecule has 0 amide bonds. The van der Waals surface area contributed by atoms with Gasteiger partial charge in [0.15, 0.2) is 23.9 Å². The Kier molecular flexibility index (Phi) is 8.73. The maximum absolute atomic E-state index is 13.4. The third-order valence-electron chi connectivity index (χ3n) is 5.19. The number of halogens is 2. The number of carbonyl (C=O) groups excluding carboxylic acids is 1. The fraction of sp³-hybridized carbons (Fsp3) is 0.185. The van der Waals surface area contributed by atoms with Crippen molar-refractivity contribution in [1.82, 2.24) is 9.66 Å². The Hall–Kier alpha value is -3.50. The van der Waals surface area contributed by atoms with Gasteiger partial charge in [-0.05, 0) is 63.9 Å². The van der Waals surface area contributed by atoms with Crippen molar-refractivity contribution < 1.29 is 19.0 Å². The predicted molar refractivity (Wildman–Crippen MR) is 150 cm³/mol. The number of nitrogens with zero attached hydrogens (tertiary/aromatic N) is 3. The van der Waals surface area contributed by atoms with Gasteiger partial charge in [-0.2, -0.15) is 9.78 Å². The monoisotopic (exact) mass is 627 g/mol. The molecule has 1 aromatic heterocycles. The highest BCUT2D eigenvalue weighted by Crippen LogP contribution is 2.42. The molecule has 4 aromatic rings. The number of hydrogen-bond donors (Lipinski definition) is 0. The Balaban J connectivity index is 1.80. The Morgan fingerprint density at radius 2 is 1.73 bits per heavy atom. The van der Waals surface area contributed by atoms with Gasteiger partial charge in [-0.3, -0.25) is 4.79 Å². The average Bonchev–Trinajstić information content (AvgIpc) is 2.91. The molecule has 0 unspecified atom stereocenters. The van der Waals surface area contributed by atoms with Crippen LogP contribution in [0.1, 0.15) is 19.4 Å². The van der Waals surface area contributed by atoms with Crippen molar-refractivity contribution in [2.45, 2.75) is 13.8 Å². The summed E-state index contributed by atoms with van der Waals surface area (Å²) in [5, 5.41) is 4.99. The number of esters is 1. The Labute approximate surface area is 230 Å². The maximum atomic E-state index is 13.4. The summed E-state index contributed by atoms with van der Waals surface area (Å²) in [6.07, 6.45) is 1.54. The van der Waals surface area contributed by atoms with Gasteiger partial charge in [0.05, 0.1) is 34.8 Å². The minimum Gasteiger partial charge on any atom is -0.490 e. The topological polar surface area (TPSA) is 92.0 Å². The molecule has 10 heteroatoms. The number of rotatable bonds is 9. The summed E-state index contributed by atoms with van der Waals surface area (Å²) in [5.74, 6) is 0.662. The van der Waals surface area contributed by atoms with Crippen LogP contribution < -0.4 is 15.0 Å². The first-order valence-corrected chi connectivity index (χ1v) is 13.1. The molecule has 4 rings (SSSR count). The first-order chi connectivity index (χ1) is 17.9. The minimum atomic E-state index is -0.491. The number of carbonyl (C=O) groups is 1. The van der Waals surface area contributed by atoms with Crippen LogP contribution in [0, 0.1) is 0 Å². The molecule has 1 heterocycles. The molecule has 0 N–H and O–H groups in total. The van der Waals surface area contributed by atoms with E-state index in [0.717, 1.165) is 5.56 Å². The molecule has 0 saturated carbocycles. The zero-order valence-electron chi connectivity index (χ0n) is 20.1. The summed E-state index contributed by atoms with van der Waals surface area (Å²) in [4.78, 5) is 29.9. The number of para-hydroxylation sites is 1. The Morgan fingerprint density at radius 1 is 1.00 bits per heavy atom. The van der Waals surface area contributed by atoms with Crippen molar-refractivity contribution in [2.24, 2.45) is 5.10 Å². The summed E-state index contributed by atoms with van der Waals surface area (Å²) in [6, 6.07) is 18.3. The number of aromatic nitrogens is 2. The second kappa shape index (κ2) is 12.2. The van der Waals surface area contributed by atoms with Crippen LogP contribution in [0.5, 0.6) is 11.5 Å². The first-order valence-electron chi connectivity index (χ1n) is 11.5. The molecular formula is C27H23Br2N3O5. The summed E-state index contributed by atoms with van der Waals surface area (Å²) >= 11 is 7.08. The highest BCUT2D eigenvalue weighted by Gasteiger charge is 2.19. The zero-order valence-corrected chi connectivity index (χ0v) is 23.3. The van der Waals surface area contributed by atoms with Crippen molar-refractivity contribution in [1.29, 1.82) is 0 Å². The van der Waals surface area contributed by atoms with Gasteiger partial charge < -0.3 is 14.2 Å². The van der Waals surface area contributed by atoms with Crippen molar-refractivity contribution in [3.63, 3.8) is 0 Å². The molecule has 37 heavy (non-hydrogen) atoms. The van der Waals surface area contributed by atoms with Crippen LogP contribution in [0.3, 0.4) is 0 Å². The molecule has 8 nitrogen and oxygen atoms in total. The molecule has 0 spiro atoms. The van der Waals surface area contributed by atoms with E-state index in [0.29, 0.717) is 49.3 Å². The van der Waals surface area contributed by atoms with Crippen LogP contribution >= 0.6 is 31.9 Å². The summed E-state index contributed by atoms with van der Waals surface area (Å²) in [6.45, 7) is 3.92. The molecule has 190 valence electrons. The second-order valence-electron chi connectivity index (χ2n) is 7.63. The van der Waals surface area contributed by atoms with Gasteiger partial charge in [-0.1, -0.05) is 42.5 Å². The lowest BCUT2D eigenvalue weighted by Crippen LogP contribution is -2.20. The summed E-state index contributed by atoms with van der Waals surface area (Å²) < 4.78 is 18.8.